The number of anilines is 1. The zero-order valence-corrected chi connectivity index (χ0v) is 21.6. The van der Waals surface area contributed by atoms with Gasteiger partial charge in [-0.3, -0.25) is 4.79 Å². The second-order valence-electron chi connectivity index (χ2n) is 9.47. The molecule has 1 amide bonds. The average Bonchev–Trinajstić information content (AvgIpc) is 3.45. The van der Waals surface area contributed by atoms with Crippen LogP contribution in [0.15, 0.2) is 48.5 Å². The van der Waals surface area contributed by atoms with Gasteiger partial charge in [0.15, 0.2) is 0 Å². The van der Waals surface area contributed by atoms with Gasteiger partial charge in [0.2, 0.25) is 0 Å². The summed E-state index contributed by atoms with van der Waals surface area (Å²) < 4.78 is 2.10. The quantitative estimate of drug-likeness (QED) is 0.397. The lowest BCUT2D eigenvalue weighted by Gasteiger charge is -2.32. The first kappa shape index (κ1) is 22.6. The Kier molecular flexibility index (Phi) is 5.79. The Labute approximate surface area is 214 Å². The third-order valence-electron chi connectivity index (χ3n) is 7.21. The highest BCUT2D eigenvalue weighted by Gasteiger charge is 2.26. The largest absolute Gasteiger partial charge is 0.367 e. The van der Waals surface area contributed by atoms with Crippen LogP contribution in [0.25, 0.3) is 22.4 Å². The third kappa shape index (κ3) is 4.11. The van der Waals surface area contributed by atoms with Gasteiger partial charge in [0.1, 0.15) is 5.82 Å². The molecule has 6 rings (SSSR count). The Morgan fingerprint density at radius 3 is 2.60 bits per heavy atom. The second-order valence-corrected chi connectivity index (χ2v) is 11.0. The van der Waals surface area contributed by atoms with E-state index in [1.165, 1.54) is 10.4 Å². The molecule has 0 spiro atoms. The molecule has 2 aromatic carbocycles. The number of aromatic nitrogens is 2. The van der Waals surface area contributed by atoms with Gasteiger partial charge < -0.3 is 19.3 Å². The summed E-state index contributed by atoms with van der Waals surface area (Å²) in [6.45, 7) is 5.20. The molecule has 0 radical (unpaired) electrons. The molecule has 2 aliphatic rings. The molecule has 4 aromatic rings. The molecule has 4 heterocycles. The number of piperazine rings is 1. The van der Waals surface area contributed by atoms with Gasteiger partial charge in [-0.05, 0) is 55.4 Å². The maximum atomic E-state index is 13.1. The second kappa shape index (κ2) is 8.97. The fourth-order valence-electron chi connectivity index (χ4n) is 5.09. The fraction of sp³-hybridized carbons (Fsp3) is 0.333. The number of rotatable bonds is 3. The maximum Gasteiger partial charge on any atom is 0.264 e. The average molecular weight is 506 g/mol. The highest BCUT2D eigenvalue weighted by Crippen LogP contribution is 2.36. The lowest BCUT2D eigenvalue weighted by Crippen LogP contribution is -2.46. The minimum atomic E-state index is 0.180. The number of hydrogen-bond acceptors (Lipinski definition) is 5. The number of carbonyl (C=O) groups is 1. The Hall–Kier alpha value is -2.87. The number of para-hydroxylation sites is 2. The first-order chi connectivity index (χ1) is 17.0. The summed E-state index contributed by atoms with van der Waals surface area (Å²) in [5.74, 6) is 1.05. The minimum Gasteiger partial charge on any atom is -0.367 e. The molecular formula is C27H28ClN5OS. The van der Waals surface area contributed by atoms with Crippen LogP contribution in [0, 0.1) is 0 Å². The number of halogens is 1. The SMILES string of the molecule is CN1CCN(C(=O)c2cc3c(s2)CCN(c2ccc(Cl)c(-c4nc5ccccc5n4C)c2)C3)CC1. The molecule has 1 saturated heterocycles. The van der Waals surface area contributed by atoms with Crippen molar-refractivity contribution in [3.05, 3.63) is 68.9 Å². The van der Waals surface area contributed by atoms with Gasteiger partial charge in [-0.25, -0.2) is 4.98 Å². The molecule has 35 heavy (non-hydrogen) atoms. The number of hydrogen-bond donors (Lipinski definition) is 0. The van der Waals surface area contributed by atoms with Gasteiger partial charge in [0.05, 0.1) is 20.9 Å². The van der Waals surface area contributed by atoms with Crippen LogP contribution < -0.4 is 4.90 Å². The van der Waals surface area contributed by atoms with E-state index in [2.05, 4.69) is 45.7 Å². The van der Waals surface area contributed by atoms with E-state index in [1.807, 2.05) is 36.2 Å². The first-order valence-corrected chi connectivity index (χ1v) is 13.2. The van der Waals surface area contributed by atoms with E-state index < -0.39 is 0 Å². The lowest BCUT2D eigenvalue weighted by molar-refractivity contribution is 0.0669. The van der Waals surface area contributed by atoms with E-state index in [0.29, 0.717) is 5.02 Å². The molecule has 0 atom stereocenters. The molecule has 6 nitrogen and oxygen atoms in total. The summed E-state index contributed by atoms with van der Waals surface area (Å²) >= 11 is 8.33. The fourth-order valence-corrected chi connectivity index (χ4v) is 6.43. The van der Waals surface area contributed by atoms with Crippen LogP contribution in [0.1, 0.15) is 20.1 Å². The Morgan fingerprint density at radius 2 is 1.80 bits per heavy atom. The van der Waals surface area contributed by atoms with E-state index in [-0.39, 0.29) is 5.91 Å². The van der Waals surface area contributed by atoms with Crippen molar-refractivity contribution in [1.29, 1.82) is 0 Å². The summed E-state index contributed by atoms with van der Waals surface area (Å²) in [6.07, 6.45) is 0.945. The highest BCUT2D eigenvalue weighted by atomic mass is 35.5. The Morgan fingerprint density at radius 1 is 1.00 bits per heavy atom. The molecule has 180 valence electrons. The standard InChI is InChI=1S/C27H28ClN5OS/c1-30-11-13-32(14-12-30)27(34)25-15-18-17-33(10-9-24(18)35-25)19-7-8-21(28)20(16-19)26-29-22-5-3-4-6-23(22)31(26)2/h3-8,15-16H,9-14,17H2,1-2H3. The van der Waals surface area contributed by atoms with Crippen LogP contribution in [0.5, 0.6) is 0 Å². The van der Waals surface area contributed by atoms with E-state index in [0.717, 1.165) is 78.7 Å². The molecule has 2 aliphatic heterocycles. The van der Waals surface area contributed by atoms with E-state index >= 15 is 0 Å². The number of fused-ring (bicyclic) bond motifs is 2. The molecule has 0 bridgehead atoms. The van der Waals surface area contributed by atoms with E-state index in [4.69, 9.17) is 16.6 Å². The molecular weight excluding hydrogens is 478 g/mol. The van der Waals surface area contributed by atoms with Crippen molar-refractivity contribution in [1.82, 2.24) is 19.4 Å². The van der Waals surface area contributed by atoms with Gasteiger partial charge in [0, 0.05) is 62.4 Å². The van der Waals surface area contributed by atoms with Crippen molar-refractivity contribution in [3.63, 3.8) is 0 Å². The summed E-state index contributed by atoms with van der Waals surface area (Å²) in [5.41, 5.74) is 5.37. The zero-order valence-electron chi connectivity index (χ0n) is 20.0. The van der Waals surface area contributed by atoms with Gasteiger partial charge in [-0.1, -0.05) is 23.7 Å². The number of aryl methyl sites for hydroxylation is 1. The van der Waals surface area contributed by atoms with Crippen LogP contribution in [-0.4, -0.2) is 65.0 Å². The molecule has 0 N–H and O–H groups in total. The van der Waals surface area contributed by atoms with Crippen molar-refractivity contribution in [2.45, 2.75) is 13.0 Å². The van der Waals surface area contributed by atoms with Crippen LogP contribution in [-0.2, 0) is 20.0 Å². The molecule has 8 heteroatoms. The summed E-state index contributed by atoms with van der Waals surface area (Å²) in [6, 6.07) is 16.5. The van der Waals surface area contributed by atoms with Crippen molar-refractivity contribution >= 4 is 45.6 Å². The topological polar surface area (TPSA) is 44.6 Å². The molecule has 0 unspecified atom stereocenters. The maximum absolute atomic E-state index is 13.1. The van der Waals surface area contributed by atoms with Crippen molar-refractivity contribution < 1.29 is 4.79 Å². The normalized spacial score (nSPS) is 16.7. The van der Waals surface area contributed by atoms with Crippen molar-refractivity contribution in [2.24, 2.45) is 7.05 Å². The lowest BCUT2D eigenvalue weighted by atomic mass is 10.1. The van der Waals surface area contributed by atoms with E-state index in [1.54, 1.807) is 11.3 Å². The van der Waals surface area contributed by atoms with Gasteiger partial charge in [-0.15, -0.1) is 11.3 Å². The molecule has 1 fully saturated rings. The number of benzene rings is 2. The minimum absolute atomic E-state index is 0.180. The van der Waals surface area contributed by atoms with Gasteiger partial charge in [-0.2, -0.15) is 0 Å². The first-order valence-electron chi connectivity index (χ1n) is 12.0. The van der Waals surface area contributed by atoms with Gasteiger partial charge >= 0.3 is 0 Å². The zero-order chi connectivity index (χ0) is 24.1. The van der Waals surface area contributed by atoms with Gasteiger partial charge in [0.25, 0.3) is 5.91 Å². The Balaban J connectivity index is 1.26. The van der Waals surface area contributed by atoms with Crippen LogP contribution in [0.4, 0.5) is 5.69 Å². The Bertz CT molecular complexity index is 1420. The molecule has 2 aromatic heterocycles. The number of likely N-dealkylation sites (N-methyl/N-ethyl adjacent to an activating group) is 1. The van der Waals surface area contributed by atoms with Crippen LogP contribution in [0.2, 0.25) is 5.02 Å². The predicted octanol–water partition coefficient (Wildman–Crippen LogP) is 4.91. The summed E-state index contributed by atoms with van der Waals surface area (Å²) in [7, 11) is 4.14. The molecule has 0 aliphatic carbocycles. The monoisotopic (exact) mass is 505 g/mol. The number of imidazole rings is 1. The summed E-state index contributed by atoms with van der Waals surface area (Å²) in [4.78, 5) is 26.8. The highest BCUT2D eigenvalue weighted by molar-refractivity contribution is 7.14. The van der Waals surface area contributed by atoms with Crippen molar-refractivity contribution in [3.8, 4) is 11.4 Å². The number of amides is 1. The number of carbonyl (C=O) groups excluding carboxylic acids is 1. The van der Waals surface area contributed by atoms with Crippen LogP contribution in [0.3, 0.4) is 0 Å². The molecule has 0 saturated carbocycles. The van der Waals surface area contributed by atoms with E-state index in [9.17, 15) is 4.79 Å². The van der Waals surface area contributed by atoms with Crippen molar-refractivity contribution in [2.75, 3.05) is 44.7 Å². The summed E-state index contributed by atoms with van der Waals surface area (Å²) in [5, 5.41) is 0.695. The smallest absolute Gasteiger partial charge is 0.264 e. The number of nitrogens with zero attached hydrogens (tertiary/aromatic N) is 5. The predicted molar refractivity (Wildman–Crippen MR) is 144 cm³/mol. The third-order valence-corrected chi connectivity index (χ3v) is 8.77. The number of thiophene rings is 1. The van der Waals surface area contributed by atoms with Crippen LogP contribution >= 0.6 is 22.9 Å².